The molecule has 0 aliphatic heterocycles. The molecule has 1 N–H and O–H groups in total. The molecule has 0 saturated carbocycles. The first kappa shape index (κ1) is 19.6. The molecule has 0 spiro atoms. The van der Waals surface area contributed by atoms with Crippen LogP contribution in [0.25, 0.3) is 33.6 Å². The number of hydrogen-bond donors (Lipinski definition) is 1. The van der Waals surface area contributed by atoms with Crippen LogP contribution in [-0.4, -0.2) is 25.8 Å². The quantitative estimate of drug-likeness (QED) is 0.418. The highest BCUT2D eigenvalue weighted by atomic mass is 19.1. The molecule has 0 unspecified atom stereocenters. The van der Waals surface area contributed by atoms with E-state index in [1.165, 1.54) is 6.07 Å². The van der Waals surface area contributed by atoms with E-state index in [4.69, 9.17) is 4.52 Å². The Labute approximate surface area is 182 Å². The van der Waals surface area contributed by atoms with Crippen LogP contribution in [0.1, 0.15) is 17.3 Å². The van der Waals surface area contributed by atoms with Crippen LogP contribution in [0.3, 0.4) is 0 Å². The van der Waals surface area contributed by atoms with Crippen LogP contribution in [-0.2, 0) is 6.54 Å². The Kier molecular flexibility index (Phi) is 4.95. The normalized spacial score (nSPS) is 11.1. The molecule has 0 saturated heterocycles. The molecule has 158 valence electrons. The van der Waals surface area contributed by atoms with Crippen molar-refractivity contribution in [1.82, 2.24) is 19.9 Å². The van der Waals surface area contributed by atoms with Crippen molar-refractivity contribution in [2.75, 3.05) is 5.32 Å². The number of rotatable bonds is 5. The molecule has 8 heteroatoms. The second kappa shape index (κ2) is 8.07. The highest BCUT2D eigenvalue weighted by Crippen LogP contribution is 2.33. The molecule has 32 heavy (non-hydrogen) atoms. The zero-order valence-corrected chi connectivity index (χ0v) is 17.1. The van der Waals surface area contributed by atoms with Gasteiger partial charge >= 0.3 is 0 Å². The van der Waals surface area contributed by atoms with Crippen LogP contribution >= 0.6 is 0 Å². The van der Waals surface area contributed by atoms with Gasteiger partial charge in [0, 0.05) is 29.9 Å². The van der Waals surface area contributed by atoms with Crippen LogP contribution < -0.4 is 5.32 Å². The standard InChI is InChI=1S/C24H18FN5O2/c1-2-30-13-12-20(28-30)27-23(31)17-14-19(16-10-6-7-11-18(16)25)26-24-21(17)22(29-32-24)15-8-4-3-5-9-15/h3-14H,2H2,1H3,(H,27,28,31). The van der Waals surface area contributed by atoms with Crippen molar-refractivity contribution in [2.24, 2.45) is 0 Å². The molecule has 0 aliphatic rings. The maximum atomic E-state index is 14.5. The van der Waals surface area contributed by atoms with Gasteiger partial charge < -0.3 is 9.84 Å². The zero-order chi connectivity index (χ0) is 22.1. The fraction of sp³-hybridized carbons (Fsp3) is 0.0833. The van der Waals surface area contributed by atoms with Gasteiger partial charge in [0.25, 0.3) is 11.6 Å². The first-order valence-corrected chi connectivity index (χ1v) is 10.1. The number of carbonyl (C=O) groups is 1. The molecule has 1 amide bonds. The fourth-order valence-electron chi connectivity index (χ4n) is 3.52. The summed E-state index contributed by atoms with van der Waals surface area (Å²) in [7, 11) is 0. The Morgan fingerprint density at radius 3 is 2.62 bits per heavy atom. The van der Waals surface area contributed by atoms with Gasteiger partial charge in [-0.15, -0.1) is 0 Å². The molecule has 5 aromatic rings. The van der Waals surface area contributed by atoms with Gasteiger partial charge in [-0.2, -0.15) is 5.10 Å². The number of halogens is 1. The van der Waals surface area contributed by atoms with Crippen molar-refractivity contribution in [3.05, 3.63) is 84.3 Å². The number of pyridine rings is 1. The fourth-order valence-corrected chi connectivity index (χ4v) is 3.52. The number of amides is 1. The zero-order valence-electron chi connectivity index (χ0n) is 17.1. The number of aromatic nitrogens is 4. The summed E-state index contributed by atoms with van der Waals surface area (Å²) in [5.41, 5.74) is 2.20. The third-order valence-electron chi connectivity index (χ3n) is 5.09. The third kappa shape index (κ3) is 3.51. The van der Waals surface area contributed by atoms with Gasteiger partial charge in [-0.3, -0.25) is 9.48 Å². The monoisotopic (exact) mass is 427 g/mol. The highest BCUT2D eigenvalue weighted by Gasteiger charge is 2.23. The summed E-state index contributed by atoms with van der Waals surface area (Å²) in [6.45, 7) is 2.63. The molecule has 0 aliphatic carbocycles. The Bertz CT molecular complexity index is 1430. The second-order valence-corrected chi connectivity index (χ2v) is 7.12. The first-order valence-electron chi connectivity index (χ1n) is 10.1. The maximum Gasteiger partial charge on any atom is 0.259 e. The molecular weight excluding hydrogens is 409 g/mol. The van der Waals surface area contributed by atoms with Crippen molar-refractivity contribution in [3.63, 3.8) is 0 Å². The van der Waals surface area contributed by atoms with E-state index >= 15 is 0 Å². The van der Waals surface area contributed by atoms with E-state index in [0.717, 1.165) is 5.56 Å². The second-order valence-electron chi connectivity index (χ2n) is 7.12. The number of nitrogens with zero attached hydrogens (tertiary/aromatic N) is 4. The summed E-state index contributed by atoms with van der Waals surface area (Å²) < 4.78 is 21.7. The van der Waals surface area contributed by atoms with Crippen molar-refractivity contribution < 1.29 is 13.7 Å². The van der Waals surface area contributed by atoms with Crippen LogP contribution in [0.5, 0.6) is 0 Å². The van der Waals surface area contributed by atoms with Crippen LogP contribution in [0, 0.1) is 5.82 Å². The number of nitrogens with one attached hydrogen (secondary N) is 1. The van der Waals surface area contributed by atoms with Crippen molar-refractivity contribution in [1.29, 1.82) is 0 Å². The Morgan fingerprint density at radius 2 is 1.88 bits per heavy atom. The lowest BCUT2D eigenvalue weighted by Gasteiger charge is -2.08. The maximum absolute atomic E-state index is 14.5. The van der Waals surface area contributed by atoms with Crippen LogP contribution in [0.4, 0.5) is 10.2 Å². The van der Waals surface area contributed by atoms with Gasteiger partial charge in [0.05, 0.1) is 16.6 Å². The molecule has 3 aromatic heterocycles. The Morgan fingerprint density at radius 1 is 1.09 bits per heavy atom. The summed E-state index contributed by atoms with van der Waals surface area (Å²) >= 11 is 0. The van der Waals surface area contributed by atoms with E-state index in [1.54, 1.807) is 41.2 Å². The van der Waals surface area contributed by atoms with Crippen molar-refractivity contribution in [2.45, 2.75) is 13.5 Å². The number of benzene rings is 2. The molecule has 2 aromatic carbocycles. The van der Waals surface area contributed by atoms with Crippen LogP contribution in [0.15, 0.2) is 77.4 Å². The van der Waals surface area contributed by atoms with Crippen LogP contribution in [0.2, 0.25) is 0 Å². The summed E-state index contributed by atoms with van der Waals surface area (Å²) in [5.74, 6) is -0.459. The summed E-state index contributed by atoms with van der Waals surface area (Å²) in [6.07, 6.45) is 1.78. The molecular formula is C24H18FN5O2. The van der Waals surface area contributed by atoms with Crippen molar-refractivity contribution >= 4 is 22.8 Å². The van der Waals surface area contributed by atoms with Gasteiger partial charge in [-0.05, 0) is 25.1 Å². The lowest BCUT2D eigenvalue weighted by Crippen LogP contribution is -2.14. The van der Waals surface area contributed by atoms with Gasteiger partial charge in [-0.1, -0.05) is 47.6 Å². The van der Waals surface area contributed by atoms with Gasteiger partial charge in [0.2, 0.25) is 0 Å². The Balaban J connectivity index is 1.68. The molecule has 5 rings (SSSR count). The summed E-state index contributed by atoms with van der Waals surface area (Å²) in [5, 5.41) is 11.7. The lowest BCUT2D eigenvalue weighted by molar-refractivity contribution is 0.102. The topological polar surface area (TPSA) is 85.8 Å². The van der Waals surface area contributed by atoms with Gasteiger partial charge in [0.15, 0.2) is 5.82 Å². The molecule has 0 atom stereocenters. The van der Waals surface area contributed by atoms with Crippen molar-refractivity contribution in [3.8, 4) is 22.5 Å². The third-order valence-corrected chi connectivity index (χ3v) is 5.09. The number of hydrogen-bond acceptors (Lipinski definition) is 5. The minimum Gasteiger partial charge on any atom is -0.335 e. The van der Waals surface area contributed by atoms with E-state index in [9.17, 15) is 9.18 Å². The minimum atomic E-state index is -0.449. The first-order chi connectivity index (χ1) is 15.6. The number of anilines is 1. The predicted molar refractivity (Wildman–Crippen MR) is 118 cm³/mol. The average molecular weight is 427 g/mol. The highest BCUT2D eigenvalue weighted by molar-refractivity contribution is 6.15. The number of carbonyl (C=O) groups excluding carboxylic acids is 1. The molecule has 0 bridgehead atoms. The van der Waals surface area contributed by atoms with E-state index < -0.39 is 11.7 Å². The largest absolute Gasteiger partial charge is 0.335 e. The summed E-state index contributed by atoms with van der Waals surface area (Å²) in [6, 6.07) is 18.9. The molecule has 0 fully saturated rings. The minimum absolute atomic E-state index is 0.147. The van der Waals surface area contributed by atoms with E-state index in [2.05, 4.69) is 20.6 Å². The predicted octanol–water partition coefficient (Wildman–Crippen LogP) is 5.16. The summed E-state index contributed by atoms with van der Waals surface area (Å²) in [4.78, 5) is 17.8. The SMILES string of the molecule is CCn1ccc(NC(=O)c2cc(-c3ccccc3F)nc3onc(-c4ccccc4)c23)n1. The Hall–Kier alpha value is -4.33. The number of aryl methyl sites for hydroxylation is 1. The van der Waals surface area contributed by atoms with Gasteiger partial charge in [0.1, 0.15) is 11.5 Å². The van der Waals surface area contributed by atoms with E-state index in [-0.39, 0.29) is 22.5 Å². The lowest BCUT2D eigenvalue weighted by atomic mass is 10.0. The smallest absolute Gasteiger partial charge is 0.259 e. The molecule has 0 radical (unpaired) electrons. The van der Waals surface area contributed by atoms with Gasteiger partial charge in [-0.25, -0.2) is 9.37 Å². The number of fused-ring (bicyclic) bond motifs is 1. The van der Waals surface area contributed by atoms with E-state index in [0.29, 0.717) is 23.4 Å². The molecule has 3 heterocycles. The van der Waals surface area contributed by atoms with E-state index in [1.807, 2.05) is 37.3 Å². The molecule has 7 nitrogen and oxygen atoms in total. The average Bonchev–Trinajstić information content (AvgIpc) is 3.46.